The normalized spacial score (nSPS) is 10.2. The van der Waals surface area contributed by atoms with Gasteiger partial charge in [0.15, 0.2) is 6.29 Å². The quantitative estimate of drug-likeness (QED) is 0.686. The third-order valence-corrected chi connectivity index (χ3v) is 1.32. The molecule has 0 aliphatic heterocycles. The number of aldehydes is 1. The molecule has 0 saturated carbocycles. The van der Waals surface area contributed by atoms with Gasteiger partial charge in [-0.05, 0) is 6.07 Å². The van der Waals surface area contributed by atoms with E-state index in [-0.39, 0.29) is 17.7 Å². The number of halogens is 2. The molecule has 0 unspecified atom stereocenters. The fourth-order valence-electron chi connectivity index (χ4n) is 0.783. The van der Waals surface area contributed by atoms with Crippen LogP contribution in [0.5, 0.6) is 0 Å². The number of nitrogens with zero attached hydrogens (tertiary/aromatic N) is 1. The molecule has 0 radical (unpaired) electrons. The number of alkyl halides is 2. The Labute approximate surface area is 67.2 Å². The lowest BCUT2D eigenvalue weighted by Gasteiger charge is -2.02. The molecule has 0 aliphatic rings. The van der Waals surface area contributed by atoms with E-state index >= 15 is 0 Å². The Morgan fingerprint density at radius 1 is 1.58 bits per heavy atom. The predicted octanol–water partition coefficient (Wildman–Crippen LogP) is 1.41. The van der Waals surface area contributed by atoms with E-state index < -0.39 is 12.0 Å². The Bertz CT molecular complexity index is 301. The molecule has 0 aromatic carbocycles. The molecule has 0 atom stereocenters. The zero-order valence-electron chi connectivity index (χ0n) is 6.00. The molecule has 0 bridgehead atoms. The van der Waals surface area contributed by atoms with Crippen molar-refractivity contribution in [2.24, 2.45) is 0 Å². The summed E-state index contributed by atoms with van der Waals surface area (Å²) >= 11 is 0. The summed E-state index contributed by atoms with van der Waals surface area (Å²) in [4.78, 5) is 13.7. The summed E-state index contributed by atoms with van der Waals surface area (Å²) in [5, 5.41) is 0. The predicted molar refractivity (Wildman–Crippen MR) is 39.0 cm³/mol. The van der Waals surface area contributed by atoms with Crippen LogP contribution in [0.3, 0.4) is 0 Å². The maximum atomic E-state index is 12.1. The standard InChI is InChI=1S/C7H6F2N2O/c8-7(9)5-1-4(10)2-11-6(5)3-12/h1-3,7H,10H2. The Balaban J connectivity index is 3.21. The summed E-state index contributed by atoms with van der Waals surface area (Å²) in [5.74, 6) is 0. The smallest absolute Gasteiger partial charge is 0.266 e. The Kier molecular flexibility index (Phi) is 2.32. The Morgan fingerprint density at radius 3 is 2.75 bits per heavy atom. The van der Waals surface area contributed by atoms with E-state index in [9.17, 15) is 13.6 Å². The minimum atomic E-state index is -2.72. The molecule has 0 saturated heterocycles. The number of aromatic nitrogens is 1. The van der Waals surface area contributed by atoms with Crippen molar-refractivity contribution >= 4 is 12.0 Å². The molecule has 2 N–H and O–H groups in total. The molecule has 0 spiro atoms. The van der Waals surface area contributed by atoms with E-state index in [0.717, 1.165) is 12.3 Å². The number of nitrogen functional groups attached to an aromatic ring is 1. The number of anilines is 1. The van der Waals surface area contributed by atoms with Crippen molar-refractivity contribution < 1.29 is 13.6 Å². The SMILES string of the molecule is Nc1cnc(C=O)c(C(F)F)c1. The van der Waals surface area contributed by atoms with E-state index in [1.807, 2.05) is 0 Å². The molecule has 0 amide bonds. The monoisotopic (exact) mass is 172 g/mol. The molecule has 3 nitrogen and oxygen atoms in total. The highest BCUT2D eigenvalue weighted by Crippen LogP contribution is 2.22. The van der Waals surface area contributed by atoms with E-state index in [1.54, 1.807) is 0 Å². The van der Waals surface area contributed by atoms with Crippen LogP contribution in [-0.4, -0.2) is 11.3 Å². The second-order valence-electron chi connectivity index (χ2n) is 2.16. The molecule has 0 fully saturated rings. The summed E-state index contributed by atoms with van der Waals surface area (Å²) in [5.41, 5.74) is 4.64. The lowest BCUT2D eigenvalue weighted by molar-refractivity contribution is 0.110. The van der Waals surface area contributed by atoms with Gasteiger partial charge < -0.3 is 5.73 Å². The van der Waals surface area contributed by atoms with Crippen LogP contribution in [0.4, 0.5) is 14.5 Å². The number of hydrogen-bond acceptors (Lipinski definition) is 3. The van der Waals surface area contributed by atoms with Crippen LogP contribution in [0.1, 0.15) is 22.5 Å². The Hall–Kier alpha value is -1.52. The molecular weight excluding hydrogens is 166 g/mol. The zero-order chi connectivity index (χ0) is 9.14. The number of pyridine rings is 1. The van der Waals surface area contributed by atoms with Crippen LogP contribution in [0, 0.1) is 0 Å². The van der Waals surface area contributed by atoms with Crippen molar-refractivity contribution in [3.63, 3.8) is 0 Å². The van der Waals surface area contributed by atoms with Gasteiger partial charge in [-0.2, -0.15) is 0 Å². The largest absolute Gasteiger partial charge is 0.397 e. The number of hydrogen-bond donors (Lipinski definition) is 1. The van der Waals surface area contributed by atoms with Gasteiger partial charge in [-0.25, -0.2) is 8.78 Å². The summed E-state index contributed by atoms with van der Waals surface area (Å²) in [7, 11) is 0. The first kappa shape index (κ1) is 8.58. The molecule has 1 aromatic heterocycles. The third kappa shape index (κ3) is 1.55. The number of rotatable bonds is 2. The average molecular weight is 172 g/mol. The van der Waals surface area contributed by atoms with Gasteiger partial charge in [-0.3, -0.25) is 9.78 Å². The van der Waals surface area contributed by atoms with Crippen LogP contribution < -0.4 is 5.73 Å². The van der Waals surface area contributed by atoms with Crippen LogP contribution in [0.25, 0.3) is 0 Å². The van der Waals surface area contributed by atoms with Crippen LogP contribution >= 0.6 is 0 Å². The maximum Gasteiger partial charge on any atom is 0.266 e. The van der Waals surface area contributed by atoms with Gasteiger partial charge in [0, 0.05) is 5.56 Å². The Morgan fingerprint density at radius 2 is 2.25 bits per heavy atom. The molecule has 0 aliphatic carbocycles. The highest BCUT2D eigenvalue weighted by molar-refractivity contribution is 5.75. The van der Waals surface area contributed by atoms with Gasteiger partial charge in [0.25, 0.3) is 6.43 Å². The fourth-order valence-corrected chi connectivity index (χ4v) is 0.783. The van der Waals surface area contributed by atoms with Crippen molar-refractivity contribution in [3.05, 3.63) is 23.5 Å². The second-order valence-corrected chi connectivity index (χ2v) is 2.16. The first-order valence-corrected chi connectivity index (χ1v) is 3.14. The average Bonchev–Trinajstić information content (AvgIpc) is 2.04. The highest BCUT2D eigenvalue weighted by Gasteiger charge is 2.13. The topological polar surface area (TPSA) is 56.0 Å². The third-order valence-electron chi connectivity index (χ3n) is 1.32. The lowest BCUT2D eigenvalue weighted by Crippen LogP contribution is -1.99. The number of carbonyl (C=O) groups excluding carboxylic acids is 1. The number of carbonyl (C=O) groups is 1. The summed E-state index contributed by atoms with van der Waals surface area (Å²) < 4.78 is 24.3. The van der Waals surface area contributed by atoms with Crippen LogP contribution in [-0.2, 0) is 0 Å². The summed E-state index contributed by atoms with van der Waals surface area (Å²) in [6.45, 7) is 0. The first-order valence-electron chi connectivity index (χ1n) is 3.14. The second kappa shape index (κ2) is 3.25. The van der Waals surface area contributed by atoms with Gasteiger partial charge in [0.2, 0.25) is 0 Å². The molecule has 1 aromatic rings. The molecule has 1 rings (SSSR count). The van der Waals surface area contributed by atoms with E-state index in [4.69, 9.17) is 5.73 Å². The molecule has 1 heterocycles. The zero-order valence-corrected chi connectivity index (χ0v) is 6.00. The van der Waals surface area contributed by atoms with Gasteiger partial charge in [-0.15, -0.1) is 0 Å². The number of nitrogens with two attached hydrogens (primary N) is 1. The lowest BCUT2D eigenvalue weighted by atomic mass is 10.2. The van der Waals surface area contributed by atoms with Crippen molar-refractivity contribution in [2.75, 3.05) is 5.73 Å². The highest BCUT2D eigenvalue weighted by atomic mass is 19.3. The van der Waals surface area contributed by atoms with Gasteiger partial charge in [0.05, 0.1) is 11.9 Å². The van der Waals surface area contributed by atoms with E-state index in [1.165, 1.54) is 0 Å². The fraction of sp³-hybridized carbons (Fsp3) is 0.143. The molecule has 12 heavy (non-hydrogen) atoms. The molecule has 5 heteroatoms. The first-order chi connectivity index (χ1) is 5.65. The van der Waals surface area contributed by atoms with Crippen LogP contribution in [0.2, 0.25) is 0 Å². The van der Waals surface area contributed by atoms with Crippen molar-refractivity contribution in [3.8, 4) is 0 Å². The minimum Gasteiger partial charge on any atom is -0.397 e. The molecular formula is C7H6F2N2O. The van der Waals surface area contributed by atoms with Crippen molar-refractivity contribution in [1.82, 2.24) is 4.98 Å². The van der Waals surface area contributed by atoms with E-state index in [0.29, 0.717) is 0 Å². The van der Waals surface area contributed by atoms with Gasteiger partial charge in [-0.1, -0.05) is 0 Å². The summed E-state index contributed by atoms with van der Waals surface area (Å²) in [6.07, 6.45) is -1.28. The summed E-state index contributed by atoms with van der Waals surface area (Å²) in [6, 6.07) is 1.04. The van der Waals surface area contributed by atoms with Gasteiger partial charge in [0.1, 0.15) is 5.69 Å². The van der Waals surface area contributed by atoms with Crippen molar-refractivity contribution in [2.45, 2.75) is 6.43 Å². The van der Waals surface area contributed by atoms with Gasteiger partial charge >= 0.3 is 0 Å². The maximum absolute atomic E-state index is 12.1. The van der Waals surface area contributed by atoms with E-state index in [2.05, 4.69) is 4.98 Å². The molecule has 64 valence electrons. The minimum absolute atomic E-state index is 0.121. The van der Waals surface area contributed by atoms with Crippen LogP contribution in [0.15, 0.2) is 12.3 Å². The van der Waals surface area contributed by atoms with Crippen molar-refractivity contribution in [1.29, 1.82) is 0 Å².